The summed E-state index contributed by atoms with van der Waals surface area (Å²) in [6.07, 6.45) is 5.47. The van der Waals surface area contributed by atoms with Gasteiger partial charge in [0.25, 0.3) is 0 Å². The largest absolute Gasteiger partial charge is 0.359 e. The van der Waals surface area contributed by atoms with Crippen LogP contribution < -0.4 is 0 Å². The topological polar surface area (TPSA) is 41.6 Å². The van der Waals surface area contributed by atoms with Crippen molar-refractivity contribution in [1.82, 2.24) is 15.0 Å². The van der Waals surface area contributed by atoms with Crippen molar-refractivity contribution in [3.05, 3.63) is 35.9 Å². The highest BCUT2D eigenvalue weighted by Crippen LogP contribution is 2.38. The second-order valence-electron chi connectivity index (χ2n) is 5.93. The molecule has 0 fully saturated rings. The van der Waals surface area contributed by atoms with Gasteiger partial charge in [-0.25, -0.2) is 9.97 Å². The van der Waals surface area contributed by atoms with Crippen LogP contribution in [0.15, 0.2) is 24.8 Å². The molecular weight excluding hydrogens is 222 g/mol. The van der Waals surface area contributed by atoms with E-state index >= 15 is 0 Å². The fraction of sp³-hybridized carbons (Fsp3) is 0.467. The molecule has 2 rings (SSSR count). The van der Waals surface area contributed by atoms with E-state index in [2.05, 4.69) is 55.8 Å². The van der Waals surface area contributed by atoms with Gasteiger partial charge >= 0.3 is 0 Å². The highest BCUT2D eigenvalue weighted by Gasteiger charge is 2.25. The van der Waals surface area contributed by atoms with Crippen molar-refractivity contribution in [1.29, 1.82) is 0 Å². The molecule has 0 bridgehead atoms. The van der Waals surface area contributed by atoms with Crippen LogP contribution in [0, 0.1) is 12.3 Å². The van der Waals surface area contributed by atoms with Crippen molar-refractivity contribution in [3.63, 3.8) is 0 Å². The minimum absolute atomic E-state index is 0.260. The van der Waals surface area contributed by atoms with Crippen molar-refractivity contribution in [3.8, 4) is 11.4 Å². The molecule has 2 aromatic rings. The fourth-order valence-electron chi connectivity index (χ4n) is 2.13. The summed E-state index contributed by atoms with van der Waals surface area (Å²) in [6, 6.07) is 1.93. The van der Waals surface area contributed by atoms with Crippen molar-refractivity contribution < 1.29 is 0 Å². The van der Waals surface area contributed by atoms with Crippen LogP contribution in [0.4, 0.5) is 0 Å². The summed E-state index contributed by atoms with van der Waals surface area (Å²) in [6.45, 7) is 11.3. The predicted octanol–water partition coefficient (Wildman–Crippen LogP) is 3.93. The van der Waals surface area contributed by atoms with Crippen LogP contribution in [0.3, 0.4) is 0 Å². The Morgan fingerprint density at radius 3 is 2.56 bits per heavy atom. The Morgan fingerprint density at radius 1 is 1.28 bits per heavy atom. The summed E-state index contributed by atoms with van der Waals surface area (Å²) in [4.78, 5) is 11.6. The summed E-state index contributed by atoms with van der Waals surface area (Å²) in [7, 11) is 0. The molecule has 0 saturated carbocycles. The summed E-state index contributed by atoms with van der Waals surface area (Å²) in [5.41, 5.74) is 4.97. The van der Waals surface area contributed by atoms with Crippen LogP contribution in [-0.4, -0.2) is 15.0 Å². The molecule has 0 spiro atoms. The first-order valence-corrected chi connectivity index (χ1v) is 6.35. The standard InChI is InChI=1S/C15H21N3/c1-10-12(11(2)15(3,4)5)8-17-14(10)13-6-7-16-9-18-13/h6-9,11,17H,1-5H3. The van der Waals surface area contributed by atoms with E-state index in [9.17, 15) is 0 Å². The van der Waals surface area contributed by atoms with Gasteiger partial charge in [-0.05, 0) is 35.4 Å². The second-order valence-corrected chi connectivity index (χ2v) is 5.93. The Balaban J connectivity index is 2.42. The summed E-state index contributed by atoms with van der Waals surface area (Å²) in [5, 5.41) is 0. The molecule has 2 aromatic heterocycles. The molecular formula is C15H21N3. The average Bonchev–Trinajstić information content (AvgIpc) is 2.70. The zero-order valence-electron chi connectivity index (χ0n) is 11.8. The molecule has 0 aliphatic carbocycles. The van der Waals surface area contributed by atoms with Gasteiger partial charge in [-0.3, -0.25) is 0 Å². The normalized spacial score (nSPS) is 13.6. The van der Waals surface area contributed by atoms with E-state index in [1.807, 2.05) is 6.07 Å². The molecule has 0 aliphatic heterocycles. The van der Waals surface area contributed by atoms with Gasteiger partial charge in [-0.2, -0.15) is 0 Å². The van der Waals surface area contributed by atoms with Gasteiger partial charge in [-0.15, -0.1) is 0 Å². The van der Waals surface area contributed by atoms with Gasteiger partial charge in [0.05, 0.1) is 11.4 Å². The molecule has 1 unspecified atom stereocenters. The third-order valence-electron chi connectivity index (χ3n) is 3.78. The first-order chi connectivity index (χ1) is 8.41. The molecule has 0 radical (unpaired) electrons. The van der Waals surface area contributed by atoms with Crippen molar-refractivity contribution in [2.24, 2.45) is 5.41 Å². The van der Waals surface area contributed by atoms with Crippen molar-refractivity contribution >= 4 is 0 Å². The monoisotopic (exact) mass is 243 g/mol. The highest BCUT2D eigenvalue weighted by atomic mass is 14.8. The lowest BCUT2D eigenvalue weighted by atomic mass is 9.77. The smallest absolute Gasteiger partial charge is 0.116 e. The Morgan fingerprint density at radius 2 is 2.00 bits per heavy atom. The number of aromatic amines is 1. The number of nitrogens with zero attached hydrogens (tertiary/aromatic N) is 2. The first kappa shape index (κ1) is 12.8. The van der Waals surface area contributed by atoms with Crippen molar-refractivity contribution in [2.75, 3.05) is 0 Å². The molecule has 0 aromatic carbocycles. The molecule has 0 amide bonds. The Bertz CT molecular complexity index is 520. The molecule has 18 heavy (non-hydrogen) atoms. The van der Waals surface area contributed by atoms with E-state index in [0.717, 1.165) is 11.4 Å². The maximum absolute atomic E-state index is 4.30. The number of H-pyrrole nitrogens is 1. The Labute approximate surface area is 109 Å². The van der Waals surface area contributed by atoms with Crippen LogP contribution in [0.1, 0.15) is 44.7 Å². The second kappa shape index (κ2) is 4.56. The number of aromatic nitrogens is 3. The summed E-state index contributed by atoms with van der Waals surface area (Å²) < 4.78 is 0. The van der Waals surface area contributed by atoms with Crippen LogP contribution in [0.25, 0.3) is 11.4 Å². The number of nitrogens with one attached hydrogen (secondary N) is 1. The van der Waals surface area contributed by atoms with Gasteiger partial charge in [-0.1, -0.05) is 27.7 Å². The lowest BCUT2D eigenvalue weighted by Gasteiger charge is -2.27. The molecule has 96 valence electrons. The van der Waals surface area contributed by atoms with E-state index in [1.54, 1.807) is 12.5 Å². The highest BCUT2D eigenvalue weighted by molar-refractivity contribution is 5.61. The zero-order valence-corrected chi connectivity index (χ0v) is 11.8. The van der Waals surface area contributed by atoms with Crippen LogP contribution in [0.5, 0.6) is 0 Å². The summed E-state index contributed by atoms with van der Waals surface area (Å²) in [5.74, 6) is 0.504. The SMILES string of the molecule is Cc1c(C(C)C(C)(C)C)c[nH]c1-c1ccncn1. The van der Waals surface area contributed by atoms with Crippen LogP contribution in [-0.2, 0) is 0 Å². The predicted molar refractivity (Wildman–Crippen MR) is 74.4 cm³/mol. The summed E-state index contributed by atoms with van der Waals surface area (Å²) >= 11 is 0. The molecule has 1 N–H and O–H groups in total. The van der Waals surface area contributed by atoms with E-state index < -0.39 is 0 Å². The molecule has 3 nitrogen and oxygen atoms in total. The number of hydrogen-bond donors (Lipinski definition) is 1. The fourth-order valence-corrected chi connectivity index (χ4v) is 2.13. The Hall–Kier alpha value is -1.64. The van der Waals surface area contributed by atoms with E-state index in [4.69, 9.17) is 0 Å². The maximum Gasteiger partial charge on any atom is 0.116 e. The van der Waals surface area contributed by atoms with Gasteiger partial charge in [0.15, 0.2) is 0 Å². The molecule has 3 heteroatoms. The number of rotatable bonds is 2. The average molecular weight is 243 g/mol. The molecule has 0 aliphatic rings. The maximum atomic E-state index is 4.30. The van der Waals surface area contributed by atoms with Gasteiger partial charge in [0.1, 0.15) is 6.33 Å². The quantitative estimate of drug-likeness (QED) is 0.868. The Kier molecular flexibility index (Phi) is 3.24. The van der Waals surface area contributed by atoms with E-state index in [-0.39, 0.29) is 5.41 Å². The minimum atomic E-state index is 0.260. The molecule has 0 saturated heterocycles. The van der Waals surface area contributed by atoms with E-state index in [1.165, 1.54) is 11.1 Å². The third-order valence-corrected chi connectivity index (χ3v) is 3.78. The third kappa shape index (κ3) is 2.30. The van der Waals surface area contributed by atoms with Gasteiger partial charge in [0, 0.05) is 12.4 Å². The molecule has 2 heterocycles. The molecule has 1 atom stereocenters. The van der Waals surface area contributed by atoms with Crippen molar-refractivity contribution in [2.45, 2.75) is 40.5 Å². The first-order valence-electron chi connectivity index (χ1n) is 6.35. The van der Waals surface area contributed by atoms with Gasteiger partial charge < -0.3 is 4.98 Å². The number of hydrogen-bond acceptors (Lipinski definition) is 2. The van der Waals surface area contributed by atoms with Gasteiger partial charge in [0.2, 0.25) is 0 Å². The lowest BCUT2D eigenvalue weighted by Crippen LogP contribution is -2.15. The van der Waals surface area contributed by atoms with E-state index in [0.29, 0.717) is 5.92 Å². The van der Waals surface area contributed by atoms with Crippen LogP contribution >= 0.6 is 0 Å². The zero-order chi connectivity index (χ0) is 13.3. The lowest BCUT2D eigenvalue weighted by molar-refractivity contribution is 0.339. The van der Waals surface area contributed by atoms with Crippen LogP contribution in [0.2, 0.25) is 0 Å². The minimum Gasteiger partial charge on any atom is -0.359 e.